The van der Waals surface area contributed by atoms with Gasteiger partial charge >= 0.3 is 5.97 Å². The van der Waals surface area contributed by atoms with Crippen LogP contribution in [0.2, 0.25) is 0 Å². The lowest BCUT2D eigenvalue weighted by Gasteiger charge is -2.13. The van der Waals surface area contributed by atoms with E-state index in [1.165, 1.54) is 6.08 Å². The minimum absolute atomic E-state index is 0.0444. The molecule has 0 aliphatic rings. The molecule has 2 N–H and O–H groups in total. The van der Waals surface area contributed by atoms with E-state index in [4.69, 9.17) is 4.74 Å². The molecule has 162 valence electrons. The molecule has 1 amide bonds. The van der Waals surface area contributed by atoms with E-state index in [1.807, 2.05) is 37.5 Å². The number of carbonyl (C=O) groups is 2. The number of anilines is 1. The van der Waals surface area contributed by atoms with E-state index < -0.39 is 11.9 Å². The minimum Gasteiger partial charge on any atom is -0.497 e. The van der Waals surface area contributed by atoms with E-state index in [1.54, 1.807) is 49.6 Å². The second-order valence-corrected chi connectivity index (χ2v) is 7.32. The third kappa shape index (κ3) is 4.55. The number of aryl methyl sites for hydroxylation is 2. The van der Waals surface area contributed by atoms with Gasteiger partial charge in [-0.15, -0.1) is 0 Å². The molecule has 7 nitrogen and oxygen atoms in total. The highest BCUT2D eigenvalue weighted by Gasteiger charge is 2.16. The first kappa shape index (κ1) is 22.4. The van der Waals surface area contributed by atoms with Gasteiger partial charge in [0.25, 0.3) is 5.91 Å². The first-order valence-corrected chi connectivity index (χ1v) is 9.85. The number of aromatic nitrogens is 1. The Morgan fingerprint density at radius 3 is 2.38 bits per heavy atom. The summed E-state index contributed by atoms with van der Waals surface area (Å²) in [6.45, 7) is 5.65. The van der Waals surface area contributed by atoms with Crippen molar-refractivity contribution in [2.75, 3.05) is 12.4 Å². The van der Waals surface area contributed by atoms with Crippen LogP contribution >= 0.6 is 0 Å². The highest BCUT2D eigenvalue weighted by Crippen LogP contribution is 2.26. The van der Waals surface area contributed by atoms with Crippen molar-refractivity contribution in [3.63, 3.8) is 0 Å². The van der Waals surface area contributed by atoms with Crippen molar-refractivity contribution >= 4 is 23.6 Å². The molecule has 0 aliphatic carbocycles. The van der Waals surface area contributed by atoms with Crippen molar-refractivity contribution in [1.82, 2.24) is 4.57 Å². The molecule has 3 aromatic rings. The van der Waals surface area contributed by atoms with Crippen molar-refractivity contribution in [2.45, 2.75) is 20.8 Å². The summed E-state index contributed by atoms with van der Waals surface area (Å²) in [4.78, 5) is 24.1. The van der Waals surface area contributed by atoms with Gasteiger partial charge in [-0.1, -0.05) is 6.07 Å². The highest BCUT2D eigenvalue weighted by molar-refractivity contribution is 6.09. The molecule has 0 aliphatic heterocycles. The fourth-order valence-electron chi connectivity index (χ4n) is 3.46. The van der Waals surface area contributed by atoms with E-state index >= 15 is 0 Å². The van der Waals surface area contributed by atoms with Gasteiger partial charge in [0.1, 0.15) is 17.4 Å². The van der Waals surface area contributed by atoms with E-state index in [2.05, 4.69) is 5.32 Å². The number of nitrogens with one attached hydrogen (secondary N) is 1. The first-order valence-electron chi connectivity index (χ1n) is 9.85. The number of hydrogen-bond acceptors (Lipinski definition) is 4. The zero-order valence-corrected chi connectivity index (χ0v) is 18.3. The molecule has 0 unspecified atom stereocenters. The molecule has 0 saturated heterocycles. The standard InChI is InChI=1S/C25H23N3O4/c1-15-5-6-18(25(30)31)13-23(15)28-16(2)11-19(17(28)3)12-20(14-26)24(29)27-21-7-9-22(32-4)10-8-21/h5-13H,1-4H3,(H,27,29)(H,30,31)/b20-12-. The van der Waals surface area contributed by atoms with Crippen molar-refractivity contribution in [1.29, 1.82) is 5.26 Å². The number of nitrogens with zero attached hydrogens (tertiary/aromatic N) is 2. The summed E-state index contributed by atoms with van der Waals surface area (Å²) >= 11 is 0. The maximum absolute atomic E-state index is 12.6. The topological polar surface area (TPSA) is 104 Å². The normalized spacial score (nSPS) is 11.0. The number of aromatic carboxylic acids is 1. The molecule has 1 heterocycles. The molecule has 0 fully saturated rings. The Bertz CT molecular complexity index is 1260. The first-order chi connectivity index (χ1) is 15.2. The lowest BCUT2D eigenvalue weighted by molar-refractivity contribution is -0.112. The van der Waals surface area contributed by atoms with Crippen LogP contribution in [-0.4, -0.2) is 28.7 Å². The van der Waals surface area contributed by atoms with E-state index in [9.17, 15) is 20.0 Å². The average molecular weight is 429 g/mol. The van der Waals surface area contributed by atoms with Crippen molar-refractivity contribution in [3.05, 3.63) is 82.2 Å². The van der Waals surface area contributed by atoms with Crippen molar-refractivity contribution in [3.8, 4) is 17.5 Å². The zero-order chi connectivity index (χ0) is 23.4. The van der Waals surface area contributed by atoms with E-state index in [0.717, 1.165) is 22.6 Å². The predicted octanol–water partition coefficient (Wildman–Crippen LogP) is 4.66. The van der Waals surface area contributed by atoms with Crippen LogP contribution in [0.1, 0.15) is 32.9 Å². The maximum atomic E-state index is 12.6. The molecule has 7 heteroatoms. The van der Waals surface area contributed by atoms with Crippen molar-refractivity contribution < 1.29 is 19.4 Å². The van der Waals surface area contributed by atoms with Gasteiger partial charge < -0.3 is 19.7 Å². The summed E-state index contributed by atoms with van der Waals surface area (Å²) in [5, 5.41) is 21.6. The van der Waals surface area contributed by atoms with Crippen LogP contribution in [0.3, 0.4) is 0 Å². The molecular formula is C25H23N3O4. The highest BCUT2D eigenvalue weighted by atomic mass is 16.5. The molecule has 1 aromatic heterocycles. The summed E-state index contributed by atoms with van der Waals surface area (Å²) in [5.41, 5.74) is 4.67. The molecule has 0 radical (unpaired) electrons. The summed E-state index contributed by atoms with van der Waals surface area (Å²) in [6, 6.07) is 15.6. The van der Waals surface area contributed by atoms with Crippen LogP contribution in [0.4, 0.5) is 5.69 Å². The monoisotopic (exact) mass is 429 g/mol. The number of carboxylic acids is 1. The molecule has 3 rings (SSSR count). The van der Waals surface area contributed by atoms with Gasteiger partial charge in [0, 0.05) is 22.8 Å². The fraction of sp³-hybridized carbons (Fsp3) is 0.160. The number of ether oxygens (including phenoxy) is 1. The molecular weight excluding hydrogens is 406 g/mol. The lowest BCUT2D eigenvalue weighted by Crippen LogP contribution is -2.13. The van der Waals surface area contributed by atoms with Crippen LogP contribution in [-0.2, 0) is 4.79 Å². The Morgan fingerprint density at radius 1 is 1.09 bits per heavy atom. The smallest absolute Gasteiger partial charge is 0.335 e. The number of hydrogen-bond donors (Lipinski definition) is 2. The maximum Gasteiger partial charge on any atom is 0.335 e. The Kier molecular flexibility index (Phi) is 6.45. The number of nitriles is 1. The van der Waals surface area contributed by atoms with Gasteiger partial charge in [0.2, 0.25) is 0 Å². The SMILES string of the molecule is COc1ccc(NC(=O)/C(C#N)=C\c2cc(C)n(-c3cc(C(=O)O)ccc3C)c2C)cc1. The van der Waals surface area contributed by atoms with E-state index in [0.29, 0.717) is 17.0 Å². The number of carboxylic acid groups (broad SMARTS) is 1. The Balaban J connectivity index is 1.96. The second-order valence-electron chi connectivity index (χ2n) is 7.32. The average Bonchev–Trinajstić information content (AvgIpc) is 3.05. The molecule has 0 saturated carbocycles. The number of benzene rings is 2. The van der Waals surface area contributed by atoms with Gasteiger partial charge in [-0.2, -0.15) is 5.26 Å². The quantitative estimate of drug-likeness (QED) is 0.438. The molecule has 0 spiro atoms. The predicted molar refractivity (Wildman–Crippen MR) is 122 cm³/mol. The summed E-state index contributed by atoms with van der Waals surface area (Å²) in [7, 11) is 1.56. The fourth-order valence-corrected chi connectivity index (χ4v) is 3.46. The Hall–Kier alpha value is -4.31. The van der Waals surface area contributed by atoms with Crippen LogP contribution in [0.5, 0.6) is 5.75 Å². The summed E-state index contributed by atoms with van der Waals surface area (Å²) < 4.78 is 7.02. The van der Waals surface area contributed by atoms with E-state index in [-0.39, 0.29) is 11.1 Å². The Labute approximate surface area is 186 Å². The largest absolute Gasteiger partial charge is 0.497 e. The molecule has 0 bridgehead atoms. The summed E-state index contributed by atoms with van der Waals surface area (Å²) in [6.07, 6.45) is 1.54. The van der Waals surface area contributed by atoms with Crippen LogP contribution in [0.15, 0.2) is 54.1 Å². The number of methoxy groups -OCH3 is 1. The van der Waals surface area contributed by atoms with Gasteiger partial charge in [-0.05, 0) is 80.4 Å². The van der Waals surface area contributed by atoms with Gasteiger partial charge in [0.15, 0.2) is 0 Å². The van der Waals surface area contributed by atoms with Gasteiger partial charge in [-0.3, -0.25) is 4.79 Å². The number of rotatable bonds is 6. The van der Waals surface area contributed by atoms with Crippen LogP contribution in [0, 0.1) is 32.1 Å². The number of amides is 1. The van der Waals surface area contributed by atoms with Gasteiger partial charge in [0.05, 0.1) is 12.7 Å². The second kappa shape index (κ2) is 9.23. The summed E-state index contributed by atoms with van der Waals surface area (Å²) in [5.74, 6) is -0.865. The van der Waals surface area contributed by atoms with Crippen LogP contribution in [0.25, 0.3) is 11.8 Å². The minimum atomic E-state index is -1.00. The van der Waals surface area contributed by atoms with Gasteiger partial charge in [-0.25, -0.2) is 4.79 Å². The lowest BCUT2D eigenvalue weighted by atomic mass is 10.1. The number of carbonyl (C=O) groups excluding carboxylic acids is 1. The zero-order valence-electron chi connectivity index (χ0n) is 18.3. The third-order valence-corrected chi connectivity index (χ3v) is 5.18. The third-order valence-electron chi connectivity index (χ3n) is 5.18. The molecule has 2 aromatic carbocycles. The molecule has 32 heavy (non-hydrogen) atoms. The van der Waals surface area contributed by atoms with Crippen molar-refractivity contribution in [2.24, 2.45) is 0 Å². The Morgan fingerprint density at radius 2 is 1.78 bits per heavy atom. The molecule has 0 atom stereocenters. The van der Waals surface area contributed by atoms with Crippen LogP contribution < -0.4 is 10.1 Å².